The Kier molecular flexibility index (Phi) is 8.00. The van der Waals surface area contributed by atoms with Crippen LogP contribution in [0.1, 0.15) is 30.9 Å². The number of ether oxygens (including phenoxy) is 2. The number of carbonyl (C=O) groups is 1. The SMILES string of the molecule is CCCCOc1ccc(CC(=O)O)cc1-c1cc(-c2cccc(F)c2)n(Cc2ccccc2OC)n1. The van der Waals surface area contributed by atoms with Crippen molar-refractivity contribution in [3.05, 3.63) is 89.7 Å². The third-order valence-electron chi connectivity index (χ3n) is 5.84. The summed E-state index contributed by atoms with van der Waals surface area (Å²) in [5.41, 5.74) is 4.28. The minimum atomic E-state index is -0.914. The minimum absolute atomic E-state index is 0.110. The molecule has 0 atom stereocenters. The fraction of sp³-hybridized carbons (Fsp3) is 0.241. The van der Waals surface area contributed by atoms with E-state index in [-0.39, 0.29) is 12.2 Å². The molecule has 0 fully saturated rings. The molecule has 4 aromatic rings. The number of aromatic nitrogens is 2. The highest BCUT2D eigenvalue weighted by Crippen LogP contribution is 2.34. The maximum absolute atomic E-state index is 14.1. The number of halogens is 1. The predicted octanol–water partition coefficient (Wildman–Crippen LogP) is 6.22. The summed E-state index contributed by atoms with van der Waals surface area (Å²) in [5, 5.41) is 14.2. The number of unbranched alkanes of at least 4 members (excludes halogenated alkanes) is 1. The highest BCUT2D eigenvalue weighted by molar-refractivity contribution is 5.76. The van der Waals surface area contributed by atoms with E-state index in [2.05, 4.69) is 6.92 Å². The molecule has 0 saturated heterocycles. The fourth-order valence-corrected chi connectivity index (χ4v) is 4.06. The zero-order chi connectivity index (χ0) is 25.5. The normalized spacial score (nSPS) is 10.9. The lowest BCUT2D eigenvalue weighted by molar-refractivity contribution is -0.136. The molecule has 0 spiro atoms. The third-order valence-corrected chi connectivity index (χ3v) is 5.84. The maximum atomic E-state index is 14.1. The second kappa shape index (κ2) is 11.5. The molecule has 4 rings (SSSR count). The van der Waals surface area contributed by atoms with E-state index in [1.807, 2.05) is 41.1 Å². The summed E-state index contributed by atoms with van der Waals surface area (Å²) >= 11 is 0. The summed E-state index contributed by atoms with van der Waals surface area (Å²) in [6.07, 6.45) is 1.78. The van der Waals surface area contributed by atoms with E-state index < -0.39 is 5.97 Å². The molecular formula is C29H29FN2O4. The van der Waals surface area contributed by atoms with Crippen LogP contribution < -0.4 is 9.47 Å². The number of para-hydroxylation sites is 1. The van der Waals surface area contributed by atoms with Crippen molar-refractivity contribution < 1.29 is 23.8 Å². The molecule has 0 aliphatic carbocycles. The Labute approximate surface area is 209 Å². The van der Waals surface area contributed by atoms with E-state index >= 15 is 0 Å². The molecular weight excluding hydrogens is 459 g/mol. The molecule has 0 aliphatic rings. The van der Waals surface area contributed by atoms with Gasteiger partial charge in [0.25, 0.3) is 0 Å². The van der Waals surface area contributed by atoms with Gasteiger partial charge >= 0.3 is 5.97 Å². The first-order valence-corrected chi connectivity index (χ1v) is 11.9. The average Bonchev–Trinajstić information content (AvgIpc) is 3.28. The summed E-state index contributed by atoms with van der Waals surface area (Å²) in [4.78, 5) is 11.4. The number of hydrogen-bond acceptors (Lipinski definition) is 4. The molecule has 0 unspecified atom stereocenters. The first-order valence-electron chi connectivity index (χ1n) is 11.9. The van der Waals surface area contributed by atoms with Gasteiger partial charge in [0.15, 0.2) is 0 Å². The van der Waals surface area contributed by atoms with E-state index in [4.69, 9.17) is 14.6 Å². The van der Waals surface area contributed by atoms with Gasteiger partial charge in [0, 0.05) is 16.7 Å². The molecule has 1 N–H and O–H groups in total. The molecule has 36 heavy (non-hydrogen) atoms. The van der Waals surface area contributed by atoms with Gasteiger partial charge < -0.3 is 14.6 Å². The van der Waals surface area contributed by atoms with Gasteiger partial charge in [-0.05, 0) is 48.4 Å². The number of carboxylic acid groups (broad SMARTS) is 1. The Balaban J connectivity index is 1.83. The molecule has 0 bridgehead atoms. The fourth-order valence-electron chi connectivity index (χ4n) is 4.06. The van der Waals surface area contributed by atoms with E-state index in [1.165, 1.54) is 12.1 Å². The molecule has 1 aromatic heterocycles. The van der Waals surface area contributed by atoms with Gasteiger partial charge in [-0.2, -0.15) is 5.10 Å². The highest BCUT2D eigenvalue weighted by Gasteiger charge is 2.18. The first kappa shape index (κ1) is 25.0. The number of nitrogens with zero attached hydrogens (tertiary/aromatic N) is 2. The lowest BCUT2D eigenvalue weighted by atomic mass is 10.0. The van der Waals surface area contributed by atoms with Gasteiger partial charge in [0.2, 0.25) is 0 Å². The minimum Gasteiger partial charge on any atom is -0.496 e. The zero-order valence-corrected chi connectivity index (χ0v) is 20.4. The van der Waals surface area contributed by atoms with Crippen LogP contribution in [0.3, 0.4) is 0 Å². The molecule has 186 valence electrons. The maximum Gasteiger partial charge on any atom is 0.307 e. The van der Waals surface area contributed by atoms with Crippen molar-refractivity contribution in [3.63, 3.8) is 0 Å². The monoisotopic (exact) mass is 488 g/mol. The topological polar surface area (TPSA) is 73.6 Å². The second-order valence-electron chi connectivity index (χ2n) is 8.50. The van der Waals surface area contributed by atoms with Crippen molar-refractivity contribution in [2.45, 2.75) is 32.7 Å². The molecule has 3 aromatic carbocycles. The Hall–Kier alpha value is -4.13. The second-order valence-corrected chi connectivity index (χ2v) is 8.50. The van der Waals surface area contributed by atoms with E-state index in [0.717, 1.165) is 29.8 Å². The van der Waals surface area contributed by atoms with Gasteiger partial charge in [-0.25, -0.2) is 4.39 Å². The Morgan fingerprint density at radius 2 is 1.86 bits per heavy atom. The summed E-state index contributed by atoms with van der Waals surface area (Å²) in [5.74, 6) is 0.103. The van der Waals surface area contributed by atoms with Crippen LogP contribution in [0, 0.1) is 5.82 Å². The van der Waals surface area contributed by atoms with E-state index in [0.29, 0.717) is 41.3 Å². The number of rotatable bonds is 11. The van der Waals surface area contributed by atoms with Crippen LogP contribution in [-0.4, -0.2) is 34.6 Å². The lowest BCUT2D eigenvalue weighted by Crippen LogP contribution is -2.06. The molecule has 1 heterocycles. The predicted molar refractivity (Wildman–Crippen MR) is 137 cm³/mol. The van der Waals surface area contributed by atoms with Crippen molar-refractivity contribution in [1.82, 2.24) is 9.78 Å². The summed E-state index contributed by atoms with van der Waals surface area (Å²) in [7, 11) is 1.62. The Morgan fingerprint density at radius 3 is 2.61 bits per heavy atom. The number of aliphatic carboxylic acids is 1. The summed E-state index contributed by atoms with van der Waals surface area (Å²) < 4.78 is 27.5. The van der Waals surface area contributed by atoms with Crippen LogP contribution in [0.5, 0.6) is 11.5 Å². The smallest absolute Gasteiger partial charge is 0.307 e. The largest absolute Gasteiger partial charge is 0.496 e. The van der Waals surface area contributed by atoms with Gasteiger partial charge in [0.05, 0.1) is 38.1 Å². The van der Waals surface area contributed by atoms with Crippen LogP contribution in [0.2, 0.25) is 0 Å². The van der Waals surface area contributed by atoms with Crippen LogP contribution in [0.15, 0.2) is 72.8 Å². The average molecular weight is 489 g/mol. The standard InChI is InChI=1S/C29H29FN2O4/c1-3-4-14-36-28-13-12-20(16-29(33)34)15-24(28)25-18-26(21-9-7-10-23(30)17-21)32(31-25)19-22-8-5-6-11-27(22)35-2/h5-13,15,17-18H,3-4,14,16,19H2,1-2H3,(H,33,34). The van der Waals surface area contributed by atoms with E-state index in [1.54, 1.807) is 31.4 Å². The van der Waals surface area contributed by atoms with Gasteiger partial charge in [-0.15, -0.1) is 0 Å². The molecule has 0 amide bonds. The van der Waals surface area contributed by atoms with Gasteiger partial charge in [-0.3, -0.25) is 9.48 Å². The van der Waals surface area contributed by atoms with Gasteiger partial charge in [0.1, 0.15) is 17.3 Å². The number of carboxylic acids is 1. The van der Waals surface area contributed by atoms with Crippen LogP contribution in [-0.2, 0) is 17.8 Å². The molecule has 0 saturated carbocycles. The first-order chi connectivity index (χ1) is 17.5. The van der Waals surface area contributed by atoms with Crippen LogP contribution >= 0.6 is 0 Å². The zero-order valence-electron chi connectivity index (χ0n) is 20.4. The number of benzene rings is 3. The van der Waals surface area contributed by atoms with E-state index in [9.17, 15) is 14.3 Å². The van der Waals surface area contributed by atoms with Crippen LogP contribution in [0.4, 0.5) is 4.39 Å². The molecule has 6 nitrogen and oxygen atoms in total. The van der Waals surface area contributed by atoms with Crippen molar-refractivity contribution in [2.75, 3.05) is 13.7 Å². The molecule has 0 aliphatic heterocycles. The van der Waals surface area contributed by atoms with Crippen molar-refractivity contribution in [1.29, 1.82) is 0 Å². The van der Waals surface area contributed by atoms with Gasteiger partial charge in [-0.1, -0.05) is 49.7 Å². The van der Waals surface area contributed by atoms with Crippen molar-refractivity contribution in [2.24, 2.45) is 0 Å². The number of methoxy groups -OCH3 is 1. The number of hydrogen-bond donors (Lipinski definition) is 1. The Morgan fingerprint density at radius 1 is 1.03 bits per heavy atom. The highest BCUT2D eigenvalue weighted by atomic mass is 19.1. The molecule has 7 heteroatoms. The summed E-state index contributed by atoms with van der Waals surface area (Å²) in [6, 6.07) is 21.3. The van der Waals surface area contributed by atoms with Crippen LogP contribution in [0.25, 0.3) is 22.5 Å². The van der Waals surface area contributed by atoms with Crippen molar-refractivity contribution >= 4 is 5.97 Å². The molecule has 0 radical (unpaired) electrons. The third kappa shape index (κ3) is 5.92. The van der Waals surface area contributed by atoms with Crippen molar-refractivity contribution in [3.8, 4) is 34.0 Å². The lowest BCUT2D eigenvalue weighted by Gasteiger charge is -2.12. The Bertz CT molecular complexity index is 1350. The quantitative estimate of drug-likeness (QED) is 0.254. The summed E-state index contributed by atoms with van der Waals surface area (Å²) in [6.45, 7) is 3.03.